The van der Waals surface area contributed by atoms with Crippen molar-refractivity contribution in [2.75, 3.05) is 13.1 Å². The Hall–Kier alpha value is -1.00. The first-order valence-corrected chi connectivity index (χ1v) is 5.98. The van der Waals surface area contributed by atoms with Gasteiger partial charge in [-0.2, -0.15) is 0 Å². The highest BCUT2D eigenvalue weighted by Gasteiger charge is 2.23. The van der Waals surface area contributed by atoms with Gasteiger partial charge in [-0.25, -0.2) is 8.78 Å². The van der Waals surface area contributed by atoms with Gasteiger partial charge in [0.05, 0.1) is 6.10 Å². The summed E-state index contributed by atoms with van der Waals surface area (Å²) >= 11 is 0. The predicted octanol–water partition coefficient (Wildman–Crippen LogP) is 2.09. The Balaban J connectivity index is 2.15. The molecular weight excluding hydrogens is 224 g/mol. The van der Waals surface area contributed by atoms with E-state index in [2.05, 4.69) is 0 Å². The molecule has 0 saturated heterocycles. The Morgan fingerprint density at radius 3 is 2.59 bits per heavy atom. The molecule has 1 aliphatic rings. The molecule has 0 spiro atoms. The van der Waals surface area contributed by atoms with Crippen molar-refractivity contribution in [1.29, 1.82) is 0 Å². The van der Waals surface area contributed by atoms with E-state index in [9.17, 15) is 13.9 Å². The Morgan fingerprint density at radius 1 is 1.29 bits per heavy atom. The molecular formula is C13H17F2NO. The zero-order valence-electron chi connectivity index (χ0n) is 9.92. The lowest BCUT2D eigenvalue weighted by Gasteiger charge is -2.30. The zero-order chi connectivity index (χ0) is 12.4. The van der Waals surface area contributed by atoms with Crippen molar-refractivity contribution >= 4 is 0 Å². The minimum absolute atomic E-state index is 0.322. The minimum atomic E-state index is -0.395. The lowest BCUT2D eigenvalue weighted by molar-refractivity contribution is 0.101. The summed E-state index contributed by atoms with van der Waals surface area (Å²) in [6.45, 7) is 3.48. The first kappa shape index (κ1) is 12.5. The Kier molecular flexibility index (Phi) is 3.74. The molecule has 1 aliphatic heterocycles. The summed E-state index contributed by atoms with van der Waals surface area (Å²) in [5.74, 6) is -0.672. The number of aliphatic hydroxyl groups is 1. The largest absolute Gasteiger partial charge is 0.392 e. The van der Waals surface area contributed by atoms with E-state index in [1.807, 2.05) is 11.8 Å². The molecule has 0 bridgehead atoms. The van der Waals surface area contributed by atoms with Gasteiger partial charge in [-0.3, -0.25) is 4.90 Å². The van der Waals surface area contributed by atoms with Gasteiger partial charge in [-0.1, -0.05) is 6.92 Å². The SMILES string of the molecule is CC[C@@H](O)CN1CCc2c(F)ccc(F)c2C1. The highest BCUT2D eigenvalue weighted by atomic mass is 19.1. The summed E-state index contributed by atoms with van der Waals surface area (Å²) in [6.07, 6.45) is 0.790. The van der Waals surface area contributed by atoms with E-state index in [4.69, 9.17) is 0 Å². The maximum Gasteiger partial charge on any atom is 0.128 e. The van der Waals surface area contributed by atoms with Gasteiger partial charge in [0.25, 0.3) is 0 Å². The van der Waals surface area contributed by atoms with Crippen LogP contribution in [0.15, 0.2) is 12.1 Å². The van der Waals surface area contributed by atoms with Crippen molar-refractivity contribution in [2.24, 2.45) is 0 Å². The van der Waals surface area contributed by atoms with Crippen molar-refractivity contribution in [3.63, 3.8) is 0 Å². The Morgan fingerprint density at radius 2 is 1.94 bits per heavy atom. The van der Waals surface area contributed by atoms with E-state index in [-0.39, 0.29) is 11.6 Å². The number of halogens is 2. The molecule has 17 heavy (non-hydrogen) atoms. The maximum atomic E-state index is 13.6. The molecule has 0 amide bonds. The normalized spacial score (nSPS) is 17.9. The van der Waals surface area contributed by atoms with E-state index in [1.165, 1.54) is 12.1 Å². The standard InChI is InChI=1S/C13H17F2NO/c1-2-9(17)7-16-6-5-10-11(8-16)13(15)4-3-12(10)14/h3-4,9,17H,2,5-8H2,1H3/t9-/m1/s1. The average Bonchev–Trinajstić information content (AvgIpc) is 2.34. The van der Waals surface area contributed by atoms with E-state index in [0.29, 0.717) is 43.6 Å². The Labute approximate surface area is 99.9 Å². The second kappa shape index (κ2) is 5.10. The number of fused-ring (bicyclic) bond motifs is 1. The number of aliphatic hydroxyl groups excluding tert-OH is 1. The lowest BCUT2D eigenvalue weighted by atomic mass is 9.98. The smallest absolute Gasteiger partial charge is 0.128 e. The number of nitrogens with zero attached hydrogens (tertiary/aromatic N) is 1. The Bertz CT molecular complexity index is 409. The molecule has 0 radical (unpaired) electrons. The van der Waals surface area contributed by atoms with Crippen LogP contribution in [0.5, 0.6) is 0 Å². The molecule has 1 aromatic rings. The summed E-state index contributed by atoms with van der Waals surface area (Å²) in [4.78, 5) is 1.97. The maximum absolute atomic E-state index is 13.6. The topological polar surface area (TPSA) is 23.5 Å². The van der Waals surface area contributed by atoms with Gasteiger partial charge >= 0.3 is 0 Å². The van der Waals surface area contributed by atoms with Crippen molar-refractivity contribution in [2.45, 2.75) is 32.4 Å². The third kappa shape index (κ3) is 2.64. The van der Waals surface area contributed by atoms with Crippen LogP contribution in [0.4, 0.5) is 8.78 Å². The average molecular weight is 241 g/mol. The molecule has 1 atom stereocenters. The molecule has 4 heteroatoms. The quantitative estimate of drug-likeness (QED) is 0.876. The first-order valence-electron chi connectivity index (χ1n) is 5.98. The van der Waals surface area contributed by atoms with Gasteiger partial charge in [0.2, 0.25) is 0 Å². The van der Waals surface area contributed by atoms with Gasteiger partial charge in [0.15, 0.2) is 0 Å². The van der Waals surface area contributed by atoms with Crippen LogP contribution in [0.2, 0.25) is 0 Å². The summed E-state index contributed by atoms with van der Waals surface area (Å²) in [6, 6.07) is 2.36. The van der Waals surface area contributed by atoms with Gasteiger partial charge in [0.1, 0.15) is 11.6 Å². The molecule has 94 valence electrons. The zero-order valence-corrected chi connectivity index (χ0v) is 9.92. The second-order valence-electron chi connectivity index (χ2n) is 4.53. The molecule has 2 rings (SSSR count). The molecule has 0 aromatic heterocycles. The molecule has 0 aliphatic carbocycles. The molecule has 0 saturated carbocycles. The third-order valence-corrected chi connectivity index (χ3v) is 3.32. The second-order valence-corrected chi connectivity index (χ2v) is 4.53. The third-order valence-electron chi connectivity index (χ3n) is 3.32. The van der Waals surface area contributed by atoms with Crippen LogP contribution in [-0.2, 0) is 13.0 Å². The van der Waals surface area contributed by atoms with Crippen LogP contribution in [0.25, 0.3) is 0 Å². The molecule has 0 unspecified atom stereocenters. The molecule has 2 nitrogen and oxygen atoms in total. The van der Waals surface area contributed by atoms with Crippen molar-refractivity contribution < 1.29 is 13.9 Å². The van der Waals surface area contributed by atoms with Gasteiger partial charge < -0.3 is 5.11 Å². The highest BCUT2D eigenvalue weighted by molar-refractivity contribution is 5.32. The van der Waals surface area contributed by atoms with Crippen LogP contribution < -0.4 is 0 Å². The monoisotopic (exact) mass is 241 g/mol. The molecule has 0 fully saturated rings. The number of benzene rings is 1. The van der Waals surface area contributed by atoms with Crippen molar-refractivity contribution in [3.8, 4) is 0 Å². The van der Waals surface area contributed by atoms with Crippen LogP contribution in [0.3, 0.4) is 0 Å². The van der Waals surface area contributed by atoms with Gasteiger partial charge in [-0.05, 0) is 30.5 Å². The van der Waals surface area contributed by atoms with Gasteiger partial charge in [0, 0.05) is 25.2 Å². The van der Waals surface area contributed by atoms with Crippen LogP contribution in [0, 0.1) is 11.6 Å². The number of β-amino-alcohol motifs (C(OH)–C–C–N with tert-alkyl or cyclic N) is 1. The number of rotatable bonds is 3. The molecule has 1 aromatic carbocycles. The fourth-order valence-electron chi connectivity index (χ4n) is 2.23. The lowest BCUT2D eigenvalue weighted by Crippen LogP contribution is -2.37. The fourth-order valence-corrected chi connectivity index (χ4v) is 2.23. The van der Waals surface area contributed by atoms with Crippen LogP contribution in [-0.4, -0.2) is 29.2 Å². The van der Waals surface area contributed by atoms with Gasteiger partial charge in [-0.15, -0.1) is 0 Å². The summed E-state index contributed by atoms with van der Waals surface area (Å²) < 4.78 is 27.1. The van der Waals surface area contributed by atoms with E-state index >= 15 is 0 Å². The fraction of sp³-hybridized carbons (Fsp3) is 0.538. The first-order chi connectivity index (χ1) is 8.11. The summed E-state index contributed by atoms with van der Waals surface area (Å²) in [7, 11) is 0. The van der Waals surface area contributed by atoms with Crippen LogP contribution in [0.1, 0.15) is 24.5 Å². The van der Waals surface area contributed by atoms with E-state index < -0.39 is 6.10 Å². The summed E-state index contributed by atoms with van der Waals surface area (Å²) in [5, 5.41) is 9.57. The summed E-state index contributed by atoms with van der Waals surface area (Å²) in [5.41, 5.74) is 0.937. The highest BCUT2D eigenvalue weighted by Crippen LogP contribution is 2.24. The predicted molar refractivity (Wildman–Crippen MR) is 61.6 cm³/mol. The molecule has 1 heterocycles. The number of hydrogen-bond donors (Lipinski definition) is 1. The van der Waals surface area contributed by atoms with E-state index in [1.54, 1.807) is 0 Å². The van der Waals surface area contributed by atoms with Crippen molar-refractivity contribution in [3.05, 3.63) is 34.9 Å². The molecule has 1 N–H and O–H groups in total. The minimum Gasteiger partial charge on any atom is -0.392 e. The number of hydrogen-bond acceptors (Lipinski definition) is 2. The van der Waals surface area contributed by atoms with E-state index in [0.717, 1.165) is 0 Å². The van der Waals surface area contributed by atoms with Crippen molar-refractivity contribution in [1.82, 2.24) is 4.90 Å². The van der Waals surface area contributed by atoms with Crippen LogP contribution >= 0.6 is 0 Å².